The summed E-state index contributed by atoms with van der Waals surface area (Å²) in [5.74, 6) is -0.932. The molecule has 2 aromatic rings. The zero-order valence-electron chi connectivity index (χ0n) is 16.2. The lowest BCUT2D eigenvalue weighted by molar-refractivity contribution is -0.898. The van der Waals surface area contributed by atoms with Gasteiger partial charge in [-0.05, 0) is 38.1 Å². The smallest absolute Gasteiger partial charge is 0.275 e. The van der Waals surface area contributed by atoms with E-state index in [0.29, 0.717) is 17.0 Å². The van der Waals surface area contributed by atoms with Gasteiger partial charge in [-0.1, -0.05) is 18.2 Å². The van der Waals surface area contributed by atoms with Crippen LogP contribution in [0.3, 0.4) is 0 Å². The summed E-state index contributed by atoms with van der Waals surface area (Å²) in [6, 6.07) is 11.2. The molecule has 3 rings (SSSR count). The Labute approximate surface area is 164 Å². The fraction of sp³-hybridized carbons (Fsp3) is 0.333. The van der Waals surface area contributed by atoms with E-state index in [1.807, 2.05) is 6.07 Å². The van der Waals surface area contributed by atoms with E-state index >= 15 is 0 Å². The van der Waals surface area contributed by atoms with Crippen molar-refractivity contribution in [3.8, 4) is 5.75 Å². The van der Waals surface area contributed by atoms with Gasteiger partial charge in [-0.15, -0.1) is 0 Å². The SMILES string of the molecule is CC[NH+]1CCN(c2ccc(/C(C)=N\NC(=O)c3ccccc3O)cc2F)CC1. The van der Waals surface area contributed by atoms with Crippen molar-refractivity contribution in [1.29, 1.82) is 0 Å². The van der Waals surface area contributed by atoms with Crippen LogP contribution in [0, 0.1) is 5.82 Å². The summed E-state index contributed by atoms with van der Waals surface area (Å²) in [7, 11) is 0. The summed E-state index contributed by atoms with van der Waals surface area (Å²) in [5, 5.41) is 13.8. The Balaban J connectivity index is 1.68. The normalized spacial score (nSPS) is 15.5. The summed E-state index contributed by atoms with van der Waals surface area (Å²) in [5.41, 5.74) is 4.21. The van der Waals surface area contributed by atoms with Crippen LogP contribution in [0.25, 0.3) is 0 Å². The molecule has 148 valence electrons. The first kappa shape index (κ1) is 19.8. The highest BCUT2D eigenvalue weighted by atomic mass is 19.1. The highest BCUT2D eigenvalue weighted by Gasteiger charge is 2.21. The second kappa shape index (κ2) is 8.84. The van der Waals surface area contributed by atoms with Crippen molar-refractivity contribution in [2.24, 2.45) is 5.10 Å². The Hall–Kier alpha value is -2.93. The first-order valence-corrected chi connectivity index (χ1v) is 9.50. The molecule has 6 nitrogen and oxygen atoms in total. The van der Waals surface area contributed by atoms with Crippen LogP contribution in [0.4, 0.5) is 10.1 Å². The predicted octanol–water partition coefficient (Wildman–Crippen LogP) is 1.41. The summed E-state index contributed by atoms with van der Waals surface area (Å²) in [6.07, 6.45) is 0. The van der Waals surface area contributed by atoms with E-state index in [-0.39, 0.29) is 17.1 Å². The molecule has 0 unspecified atom stereocenters. The highest BCUT2D eigenvalue weighted by Crippen LogP contribution is 2.21. The molecular weight excluding hydrogens is 359 g/mol. The summed E-state index contributed by atoms with van der Waals surface area (Å²) >= 11 is 0. The lowest BCUT2D eigenvalue weighted by Crippen LogP contribution is -3.14. The van der Waals surface area contributed by atoms with Crippen LogP contribution in [0.1, 0.15) is 29.8 Å². The molecule has 0 spiro atoms. The van der Waals surface area contributed by atoms with Crippen molar-refractivity contribution in [3.05, 3.63) is 59.4 Å². The fourth-order valence-electron chi connectivity index (χ4n) is 3.33. The lowest BCUT2D eigenvalue weighted by Gasteiger charge is -2.33. The molecule has 0 aliphatic carbocycles. The largest absolute Gasteiger partial charge is 0.507 e. The Kier molecular flexibility index (Phi) is 6.26. The fourth-order valence-corrected chi connectivity index (χ4v) is 3.33. The van der Waals surface area contributed by atoms with Gasteiger partial charge in [0.05, 0.1) is 49.7 Å². The molecule has 7 heteroatoms. The number of carbonyl (C=O) groups is 1. The zero-order chi connectivity index (χ0) is 20.1. The number of hydrazone groups is 1. The Bertz CT molecular complexity index is 876. The maximum absolute atomic E-state index is 14.7. The number of para-hydroxylation sites is 1. The third-order valence-electron chi connectivity index (χ3n) is 5.15. The number of phenolic OH excluding ortho intramolecular Hbond substituents is 1. The molecule has 2 aromatic carbocycles. The first-order chi connectivity index (χ1) is 13.5. The molecule has 0 aromatic heterocycles. The average Bonchev–Trinajstić information content (AvgIpc) is 2.72. The third-order valence-corrected chi connectivity index (χ3v) is 5.15. The number of phenols is 1. The van der Waals surface area contributed by atoms with Gasteiger partial charge in [0.1, 0.15) is 11.6 Å². The summed E-state index contributed by atoms with van der Waals surface area (Å²) in [4.78, 5) is 15.7. The number of hydrogen-bond acceptors (Lipinski definition) is 4. The number of halogens is 1. The molecule has 1 saturated heterocycles. The van der Waals surface area contributed by atoms with E-state index in [1.165, 1.54) is 23.1 Å². The molecule has 0 bridgehead atoms. The number of hydrogen-bond donors (Lipinski definition) is 3. The van der Waals surface area contributed by atoms with Crippen molar-refractivity contribution < 1.29 is 19.2 Å². The monoisotopic (exact) mass is 385 g/mol. The second-order valence-corrected chi connectivity index (χ2v) is 6.91. The minimum absolute atomic E-state index is 0.117. The molecule has 1 fully saturated rings. The number of rotatable bonds is 5. The molecule has 1 aliphatic rings. The average molecular weight is 385 g/mol. The van der Waals surface area contributed by atoms with Gasteiger partial charge < -0.3 is 14.9 Å². The molecule has 28 heavy (non-hydrogen) atoms. The predicted molar refractivity (Wildman–Crippen MR) is 108 cm³/mol. The van der Waals surface area contributed by atoms with Gasteiger partial charge in [0.15, 0.2) is 0 Å². The van der Waals surface area contributed by atoms with Gasteiger partial charge in [-0.3, -0.25) is 4.79 Å². The Morgan fingerprint density at radius 1 is 1.25 bits per heavy atom. The number of piperazine rings is 1. The summed E-state index contributed by atoms with van der Waals surface area (Å²) in [6.45, 7) is 8.65. The van der Waals surface area contributed by atoms with E-state index < -0.39 is 5.91 Å². The number of nitrogens with one attached hydrogen (secondary N) is 2. The number of carbonyl (C=O) groups excluding carboxylic acids is 1. The number of likely N-dealkylation sites (N-methyl/N-ethyl adjacent to an activating group) is 1. The van der Waals surface area contributed by atoms with Crippen LogP contribution in [0.15, 0.2) is 47.6 Å². The molecule has 1 heterocycles. The van der Waals surface area contributed by atoms with Gasteiger partial charge in [-0.25, -0.2) is 9.82 Å². The van der Waals surface area contributed by atoms with Gasteiger partial charge in [0, 0.05) is 5.56 Å². The molecule has 1 amide bonds. The Morgan fingerprint density at radius 2 is 1.96 bits per heavy atom. The number of benzene rings is 2. The first-order valence-electron chi connectivity index (χ1n) is 9.50. The molecular formula is C21H26FN4O2+. The van der Waals surface area contributed by atoms with Gasteiger partial charge >= 0.3 is 0 Å². The van der Waals surface area contributed by atoms with Crippen molar-refractivity contribution >= 4 is 17.3 Å². The van der Waals surface area contributed by atoms with E-state index in [4.69, 9.17) is 0 Å². The maximum Gasteiger partial charge on any atom is 0.275 e. The topological polar surface area (TPSA) is 69.4 Å². The summed E-state index contributed by atoms with van der Waals surface area (Å²) < 4.78 is 14.7. The zero-order valence-corrected chi connectivity index (χ0v) is 16.2. The second-order valence-electron chi connectivity index (χ2n) is 6.91. The van der Waals surface area contributed by atoms with Crippen LogP contribution in [-0.2, 0) is 0 Å². The van der Waals surface area contributed by atoms with Gasteiger partial charge in [-0.2, -0.15) is 5.10 Å². The van der Waals surface area contributed by atoms with Crippen molar-refractivity contribution in [2.45, 2.75) is 13.8 Å². The molecule has 3 N–H and O–H groups in total. The molecule has 0 atom stereocenters. The Morgan fingerprint density at radius 3 is 2.61 bits per heavy atom. The van der Waals surface area contributed by atoms with Crippen molar-refractivity contribution in [1.82, 2.24) is 5.43 Å². The minimum atomic E-state index is -0.522. The quantitative estimate of drug-likeness (QED) is 0.539. The van der Waals surface area contributed by atoms with Crippen LogP contribution < -0.4 is 15.2 Å². The van der Waals surface area contributed by atoms with Gasteiger partial charge in [0.25, 0.3) is 5.91 Å². The number of anilines is 1. The standard InChI is InChI=1S/C21H25FN4O2/c1-3-25-10-12-26(13-11-25)19-9-8-16(14-18(19)22)15(2)23-24-21(28)17-6-4-5-7-20(17)27/h4-9,14,27H,3,10-13H2,1-2H3,(H,24,28)/p+1/b23-15-. The van der Waals surface area contributed by atoms with E-state index in [9.17, 15) is 14.3 Å². The highest BCUT2D eigenvalue weighted by molar-refractivity contribution is 6.01. The van der Waals surface area contributed by atoms with Crippen LogP contribution in [-0.4, -0.2) is 49.4 Å². The maximum atomic E-state index is 14.7. The van der Waals surface area contributed by atoms with Crippen molar-refractivity contribution in [3.63, 3.8) is 0 Å². The van der Waals surface area contributed by atoms with Crippen LogP contribution in [0.5, 0.6) is 5.75 Å². The molecule has 0 radical (unpaired) electrons. The molecule has 1 aliphatic heterocycles. The van der Waals surface area contributed by atoms with E-state index in [1.54, 1.807) is 25.1 Å². The number of nitrogens with zero attached hydrogens (tertiary/aromatic N) is 2. The van der Waals surface area contributed by atoms with Crippen LogP contribution in [0.2, 0.25) is 0 Å². The van der Waals surface area contributed by atoms with Gasteiger partial charge in [0.2, 0.25) is 0 Å². The minimum Gasteiger partial charge on any atom is -0.507 e. The van der Waals surface area contributed by atoms with E-state index in [2.05, 4.69) is 22.4 Å². The number of aromatic hydroxyl groups is 1. The third kappa shape index (κ3) is 4.48. The molecule has 0 saturated carbocycles. The number of amides is 1. The number of quaternary nitrogens is 1. The van der Waals surface area contributed by atoms with E-state index in [0.717, 1.165) is 32.7 Å². The lowest BCUT2D eigenvalue weighted by atomic mass is 10.1. The van der Waals surface area contributed by atoms with Crippen molar-refractivity contribution in [2.75, 3.05) is 37.6 Å². The van der Waals surface area contributed by atoms with Crippen LogP contribution >= 0.6 is 0 Å².